The molecule has 0 saturated carbocycles. The number of hydrogen-bond acceptors (Lipinski definition) is 3. The smallest absolute Gasteiger partial charge is 0.393 e. The average Bonchev–Trinajstić information content (AvgIpc) is 2.77. The standard InChI is InChI=1S/C11H12F3NO2S/c12-11(13,14)7-2-1-5-15(6-7)9-4-3-8(18-9)10(16)17/h3-4,7H,1-2,5-6H2,(H,16,17). The summed E-state index contributed by atoms with van der Waals surface area (Å²) in [5.74, 6) is -2.36. The quantitative estimate of drug-likeness (QED) is 0.903. The van der Waals surface area contributed by atoms with Crippen LogP contribution in [0, 0.1) is 5.92 Å². The molecule has 0 amide bonds. The first-order valence-electron chi connectivity index (χ1n) is 5.52. The second kappa shape index (κ2) is 4.79. The normalized spacial score (nSPS) is 21.1. The first-order chi connectivity index (χ1) is 8.38. The summed E-state index contributed by atoms with van der Waals surface area (Å²) < 4.78 is 37.9. The SMILES string of the molecule is O=C(O)c1ccc(N2CCCC(C(F)(F)F)C2)s1. The summed E-state index contributed by atoms with van der Waals surface area (Å²) in [6.07, 6.45) is -3.55. The van der Waals surface area contributed by atoms with E-state index < -0.39 is 18.1 Å². The number of aromatic carboxylic acids is 1. The average molecular weight is 279 g/mol. The van der Waals surface area contributed by atoms with E-state index in [1.807, 2.05) is 0 Å². The summed E-state index contributed by atoms with van der Waals surface area (Å²) in [6, 6.07) is 3.01. The van der Waals surface area contributed by atoms with Crippen LogP contribution < -0.4 is 4.90 Å². The highest BCUT2D eigenvalue weighted by Crippen LogP contribution is 2.36. The maximum Gasteiger partial charge on any atom is 0.393 e. The topological polar surface area (TPSA) is 40.5 Å². The minimum absolute atomic E-state index is 0.0803. The molecule has 7 heteroatoms. The molecule has 1 fully saturated rings. The molecule has 0 radical (unpaired) electrons. The van der Waals surface area contributed by atoms with Crippen molar-refractivity contribution < 1.29 is 23.1 Å². The Hall–Kier alpha value is -1.24. The van der Waals surface area contributed by atoms with Gasteiger partial charge < -0.3 is 10.0 Å². The highest BCUT2D eigenvalue weighted by molar-refractivity contribution is 7.17. The highest BCUT2D eigenvalue weighted by Gasteiger charge is 2.42. The number of halogens is 3. The lowest BCUT2D eigenvalue weighted by molar-refractivity contribution is -0.175. The van der Waals surface area contributed by atoms with Gasteiger partial charge in [-0.2, -0.15) is 13.2 Å². The van der Waals surface area contributed by atoms with Crippen LogP contribution in [0.5, 0.6) is 0 Å². The van der Waals surface area contributed by atoms with E-state index in [1.165, 1.54) is 6.07 Å². The number of carbonyl (C=O) groups is 1. The fourth-order valence-electron chi connectivity index (χ4n) is 2.06. The van der Waals surface area contributed by atoms with Gasteiger partial charge in [-0.05, 0) is 25.0 Å². The van der Waals surface area contributed by atoms with Gasteiger partial charge >= 0.3 is 12.1 Å². The first kappa shape index (κ1) is 13.2. The van der Waals surface area contributed by atoms with Crippen molar-refractivity contribution in [2.45, 2.75) is 19.0 Å². The van der Waals surface area contributed by atoms with Gasteiger partial charge in [0.25, 0.3) is 0 Å². The first-order valence-corrected chi connectivity index (χ1v) is 6.34. The molecule has 0 aromatic carbocycles. The molecule has 1 saturated heterocycles. The highest BCUT2D eigenvalue weighted by atomic mass is 32.1. The van der Waals surface area contributed by atoms with Crippen molar-refractivity contribution in [3.05, 3.63) is 17.0 Å². The number of carboxylic acid groups (broad SMARTS) is 1. The van der Waals surface area contributed by atoms with Crippen molar-refractivity contribution >= 4 is 22.3 Å². The molecule has 1 atom stereocenters. The Kier molecular flexibility index (Phi) is 3.52. The minimum atomic E-state index is -4.18. The summed E-state index contributed by atoms with van der Waals surface area (Å²) in [5.41, 5.74) is 0. The summed E-state index contributed by atoms with van der Waals surface area (Å²) in [7, 11) is 0. The number of piperidine rings is 1. The molecular formula is C11H12F3NO2S. The molecule has 1 aromatic rings. The van der Waals surface area contributed by atoms with Crippen molar-refractivity contribution in [1.82, 2.24) is 0 Å². The lowest BCUT2D eigenvalue weighted by atomic mass is 9.98. The van der Waals surface area contributed by atoms with Crippen LogP contribution in [0.15, 0.2) is 12.1 Å². The molecule has 2 rings (SSSR count). The molecule has 0 spiro atoms. The number of thiophene rings is 1. The van der Waals surface area contributed by atoms with Crippen LogP contribution in [0.1, 0.15) is 22.5 Å². The Labute approximate surface area is 106 Å². The lowest BCUT2D eigenvalue weighted by Crippen LogP contribution is -2.41. The van der Waals surface area contributed by atoms with Crippen molar-refractivity contribution in [3.63, 3.8) is 0 Å². The number of anilines is 1. The van der Waals surface area contributed by atoms with Crippen LogP contribution in [0.2, 0.25) is 0 Å². The van der Waals surface area contributed by atoms with Crippen molar-refractivity contribution in [2.24, 2.45) is 5.92 Å². The van der Waals surface area contributed by atoms with E-state index in [4.69, 9.17) is 5.11 Å². The molecule has 1 aromatic heterocycles. The third-order valence-electron chi connectivity index (χ3n) is 3.00. The summed E-state index contributed by atoms with van der Waals surface area (Å²) in [4.78, 5) is 12.5. The van der Waals surface area contributed by atoms with Crippen molar-refractivity contribution in [3.8, 4) is 0 Å². The van der Waals surface area contributed by atoms with E-state index >= 15 is 0 Å². The molecule has 1 unspecified atom stereocenters. The van der Waals surface area contributed by atoms with Gasteiger partial charge in [-0.15, -0.1) is 11.3 Å². The third kappa shape index (κ3) is 2.77. The van der Waals surface area contributed by atoms with E-state index in [2.05, 4.69) is 0 Å². The molecule has 2 heterocycles. The Morgan fingerprint density at radius 3 is 2.72 bits per heavy atom. The van der Waals surface area contributed by atoms with Crippen LogP contribution in [-0.4, -0.2) is 30.3 Å². The maximum atomic E-state index is 12.6. The van der Waals surface area contributed by atoms with Crippen LogP contribution in [0.25, 0.3) is 0 Å². The van der Waals surface area contributed by atoms with Crippen LogP contribution in [-0.2, 0) is 0 Å². The number of rotatable bonds is 2. The Balaban J connectivity index is 2.10. The van der Waals surface area contributed by atoms with Gasteiger partial charge in [-0.1, -0.05) is 0 Å². The fourth-order valence-corrected chi connectivity index (χ4v) is 2.94. The number of hydrogen-bond donors (Lipinski definition) is 1. The zero-order chi connectivity index (χ0) is 13.3. The van der Waals surface area contributed by atoms with Crippen LogP contribution >= 0.6 is 11.3 Å². The molecule has 18 heavy (non-hydrogen) atoms. The van der Waals surface area contributed by atoms with Crippen LogP contribution in [0.3, 0.4) is 0 Å². The van der Waals surface area contributed by atoms with Gasteiger partial charge in [-0.3, -0.25) is 0 Å². The molecule has 0 aliphatic carbocycles. The van der Waals surface area contributed by atoms with Gasteiger partial charge in [0.1, 0.15) is 4.88 Å². The van der Waals surface area contributed by atoms with Gasteiger partial charge in [-0.25, -0.2) is 4.79 Å². The zero-order valence-corrected chi connectivity index (χ0v) is 10.2. The van der Waals surface area contributed by atoms with E-state index in [9.17, 15) is 18.0 Å². The maximum absolute atomic E-state index is 12.6. The molecule has 100 valence electrons. The number of alkyl halides is 3. The third-order valence-corrected chi connectivity index (χ3v) is 4.13. The summed E-state index contributed by atoms with van der Waals surface area (Å²) in [5, 5.41) is 9.39. The lowest BCUT2D eigenvalue weighted by Gasteiger charge is -2.34. The molecule has 3 nitrogen and oxygen atoms in total. The molecule has 1 N–H and O–H groups in total. The largest absolute Gasteiger partial charge is 0.477 e. The van der Waals surface area contributed by atoms with Crippen molar-refractivity contribution in [2.75, 3.05) is 18.0 Å². The molecule has 1 aliphatic rings. The fraction of sp³-hybridized carbons (Fsp3) is 0.545. The molecule has 0 bridgehead atoms. The van der Waals surface area contributed by atoms with Crippen molar-refractivity contribution in [1.29, 1.82) is 0 Å². The Morgan fingerprint density at radius 1 is 1.44 bits per heavy atom. The van der Waals surface area contributed by atoms with Gasteiger partial charge in [0.15, 0.2) is 0 Å². The Bertz CT molecular complexity index is 444. The monoisotopic (exact) mass is 279 g/mol. The van der Waals surface area contributed by atoms with Gasteiger partial charge in [0, 0.05) is 13.1 Å². The Morgan fingerprint density at radius 2 is 2.17 bits per heavy atom. The van der Waals surface area contributed by atoms with Gasteiger partial charge in [0.2, 0.25) is 0 Å². The second-order valence-corrected chi connectivity index (χ2v) is 5.33. The second-order valence-electron chi connectivity index (χ2n) is 4.27. The zero-order valence-electron chi connectivity index (χ0n) is 9.41. The summed E-state index contributed by atoms with van der Waals surface area (Å²) in [6.45, 7) is 0.467. The number of carboxylic acids is 1. The predicted octanol–water partition coefficient (Wildman–Crippen LogP) is 3.23. The van der Waals surface area contributed by atoms with E-state index in [1.54, 1.807) is 11.0 Å². The minimum Gasteiger partial charge on any atom is -0.477 e. The van der Waals surface area contributed by atoms with Gasteiger partial charge in [0.05, 0.1) is 10.9 Å². The summed E-state index contributed by atoms with van der Waals surface area (Å²) >= 11 is 1.02. The number of nitrogens with zero attached hydrogens (tertiary/aromatic N) is 1. The molecule has 1 aliphatic heterocycles. The predicted molar refractivity (Wildman–Crippen MR) is 62.3 cm³/mol. The van der Waals surface area contributed by atoms with E-state index in [0.29, 0.717) is 18.0 Å². The molecular weight excluding hydrogens is 267 g/mol. The van der Waals surface area contributed by atoms with E-state index in [-0.39, 0.29) is 17.8 Å². The van der Waals surface area contributed by atoms with E-state index in [0.717, 1.165) is 11.3 Å². The van der Waals surface area contributed by atoms with Crippen LogP contribution in [0.4, 0.5) is 18.2 Å².